The van der Waals surface area contributed by atoms with Crippen molar-refractivity contribution in [2.45, 2.75) is 6.54 Å². The van der Waals surface area contributed by atoms with Crippen LogP contribution in [-0.4, -0.2) is 37.1 Å². The van der Waals surface area contributed by atoms with Crippen molar-refractivity contribution >= 4 is 17.3 Å². The molecule has 0 saturated carbocycles. The molecule has 3 rings (SSSR count). The standard InChI is InChI=1S/C18H18FN3O4/c19-14-3-1-2-13(10-14)12-20-18(23)16-11-15(22(24)25)4-5-17(16)21-6-8-26-9-7-21/h1-5,10-11H,6-9,12H2,(H,20,23). The highest BCUT2D eigenvalue weighted by Crippen LogP contribution is 2.26. The van der Waals surface area contributed by atoms with Gasteiger partial charge in [0.25, 0.3) is 11.6 Å². The second-order valence-corrected chi connectivity index (χ2v) is 5.87. The number of nitrogens with one attached hydrogen (secondary N) is 1. The Kier molecular flexibility index (Phi) is 5.43. The Hall–Kier alpha value is -3.00. The highest BCUT2D eigenvalue weighted by molar-refractivity contribution is 6.00. The minimum Gasteiger partial charge on any atom is -0.378 e. The van der Waals surface area contributed by atoms with Gasteiger partial charge in [0.1, 0.15) is 5.82 Å². The van der Waals surface area contributed by atoms with Crippen LogP contribution in [0.5, 0.6) is 0 Å². The molecule has 1 N–H and O–H groups in total. The summed E-state index contributed by atoms with van der Waals surface area (Å²) < 4.78 is 18.6. The molecule has 2 aromatic rings. The number of carbonyl (C=O) groups excluding carboxylic acids is 1. The zero-order valence-electron chi connectivity index (χ0n) is 14.0. The molecule has 0 aliphatic carbocycles. The number of nitro benzene ring substituents is 1. The second kappa shape index (κ2) is 7.92. The summed E-state index contributed by atoms with van der Waals surface area (Å²) in [6.45, 7) is 2.38. The molecule has 1 saturated heterocycles. The van der Waals surface area contributed by atoms with E-state index in [0.717, 1.165) is 0 Å². The summed E-state index contributed by atoms with van der Waals surface area (Å²) >= 11 is 0. The maximum absolute atomic E-state index is 13.3. The number of amides is 1. The van der Waals surface area contributed by atoms with E-state index < -0.39 is 10.8 Å². The Balaban J connectivity index is 1.83. The zero-order chi connectivity index (χ0) is 18.5. The minimum atomic E-state index is -0.535. The van der Waals surface area contributed by atoms with E-state index in [2.05, 4.69) is 5.32 Å². The molecule has 1 heterocycles. The summed E-state index contributed by atoms with van der Waals surface area (Å²) in [6.07, 6.45) is 0. The van der Waals surface area contributed by atoms with Gasteiger partial charge in [-0.15, -0.1) is 0 Å². The van der Waals surface area contributed by atoms with Gasteiger partial charge in [-0.3, -0.25) is 14.9 Å². The van der Waals surface area contributed by atoms with E-state index in [9.17, 15) is 19.3 Å². The molecule has 136 valence electrons. The van der Waals surface area contributed by atoms with E-state index >= 15 is 0 Å². The van der Waals surface area contributed by atoms with Gasteiger partial charge in [-0.2, -0.15) is 0 Å². The molecule has 8 heteroatoms. The molecular formula is C18H18FN3O4. The molecule has 1 fully saturated rings. The normalized spacial score (nSPS) is 14.1. The van der Waals surface area contributed by atoms with E-state index in [-0.39, 0.29) is 23.6 Å². The second-order valence-electron chi connectivity index (χ2n) is 5.87. The topological polar surface area (TPSA) is 84.7 Å². The number of halogens is 1. The first kappa shape index (κ1) is 17.8. The molecule has 1 aliphatic heterocycles. The molecule has 1 aliphatic rings. The van der Waals surface area contributed by atoms with Gasteiger partial charge >= 0.3 is 0 Å². The van der Waals surface area contributed by atoms with Gasteiger partial charge in [-0.05, 0) is 23.8 Å². The van der Waals surface area contributed by atoms with Crippen LogP contribution >= 0.6 is 0 Å². The lowest BCUT2D eigenvalue weighted by molar-refractivity contribution is -0.384. The third-order valence-corrected chi connectivity index (χ3v) is 4.13. The third-order valence-electron chi connectivity index (χ3n) is 4.13. The predicted octanol–water partition coefficient (Wildman–Crippen LogP) is 2.50. The van der Waals surface area contributed by atoms with Gasteiger partial charge in [-0.25, -0.2) is 4.39 Å². The Morgan fingerprint density at radius 3 is 2.69 bits per heavy atom. The smallest absolute Gasteiger partial charge is 0.270 e. The summed E-state index contributed by atoms with van der Waals surface area (Å²) in [4.78, 5) is 25.2. The number of benzene rings is 2. The minimum absolute atomic E-state index is 0.127. The highest BCUT2D eigenvalue weighted by atomic mass is 19.1. The maximum Gasteiger partial charge on any atom is 0.270 e. The predicted molar refractivity (Wildman–Crippen MR) is 93.7 cm³/mol. The van der Waals surface area contributed by atoms with Gasteiger partial charge in [-0.1, -0.05) is 12.1 Å². The van der Waals surface area contributed by atoms with Crippen molar-refractivity contribution in [2.24, 2.45) is 0 Å². The number of morpholine rings is 1. The molecule has 1 amide bonds. The molecule has 2 aromatic carbocycles. The van der Waals surface area contributed by atoms with Crippen molar-refractivity contribution in [3.05, 3.63) is 69.5 Å². The van der Waals surface area contributed by atoms with E-state index in [1.54, 1.807) is 18.2 Å². The maximum atomic E-state index is 13.3. The van der Waals surface area contributed by atoms with Crippen LogP contribution < -0.4 is 10.2 Å². The number of ether oxygens (including phenoxy) is 1. The van der Waals surface area contributed by atoms with Crippen LogP contribution in [0.3, 0.4) is 0 Å². The first-order valence-electron chi connectivity index (χ1n) is 8.18. The number of carbonyl (C=O) groups is 1. The Labute approximate surface area is 149 Å². The van der Waals surface area contributed by atoms with Crippen molar-refractivity contribution in [3.8, 4) is 0 Å². The molecular weight excluding hydrogens is 341 g/mol. The number of non-ortho nitro benzene ring substituents is 1. The molecule has 0 bridgehead atoms. The molecule has 0 aromatic heterocycles. The first-order chi connectivity index (χ1) is 12.5. The van der Waals surface area contributed by atoms with E-state index in [0.29, 0.717) is 37.6 Å². The van der Waals surface area contributed by atoms with Gasteiger partial charge in [0.05, 0.1) is 29.4 Å². The average molecular weight is 359 g/mol. The number of hydrogen-bond acceptors (Lipinski definition) is 5. The molecule has 0 spiro atoms. The van der Waals surface area contributed by atoms with Gasteiger partial charge in [0.2, 0.25) is 0 Å². The van der Waals surface area contributed by atoms with Crippen LogP contribution in [-0.2, 0) is 11.3 Å². The number of anilines is 1. The Bertz CT molecular complexity index is 822. The first-order valence-corrected chi connectivity index (χ1v) is 8.18. The summed E-state index contributed by atoms with van der Waals surface area (Å²) in [5.41, 5.74) is 1.29. The monoisotopic (exact) mass is 359 g/mol. The van der Waals surface area contributed by atoms with E-state index in [1.807, 2.05) is 4.90 Å². The quantitative estimate of drug-likeness (QED) is 0.655. The molecule has 0 unspecified atom stereocenters. The van der Waals surface area contributed by atoms with Gasteiger partial charge in [0, 0.05) is 31.8 Å². The summed E-state index contributed by atoms with van der Waals surface area (Å²) in [5.74, 6) is -0.833. The van der Waals surface area contributed by atoms with Crippen LogP contribution in [0.15, 0.2) is 42.5 Å². The van der Waals surface area contributed by atoms with E-state index in [4.69, 9.17) is 4.74 Å². The lowest BCUT2D eigenvalue weighted by atomic mass is 10.1. The Morgan fingerprint density at radius 2 is 2.00 bits per heavy atom. The van der Waals surface area contributed by atoms with Crippen LogP contribution in [0.2, 0.25) is 0 Å². The summed E-state index contributed by atoms with van der Waals surface area (Å²) in [7, 11) is 0. The van der Waals surface area contributed by atoms with Crippen molar-refractivity contribution in [3.63, 3.8) is 0 Å². The highest BCUT2D eigenvalue weighted by Gasteiger charge is 2.22. The fourth-order valence-corrected chi connectivity index (χ4v) is 2.82. The van der Waals surface area contributed by atoms with Crippen molar-refractivity contribution in [1.29, 1.82) is 0 Å². The summed E-state index contributed by atoms with van der Waals surface area (Å²) in [5, 5.41) is 13.8. The Morgan fingerprint density at radius 1 is 1.23 bits per heavy atom. The van der Waals surface area contributed by atoms with Crippen molar-refractivity contribution < 1.29 is 18.8 Å². The van der Waals surface area contributed by atoms with Crippen LogP contribution in [0, 0.1) is 15.9 Å². The largest absolute Gasteiger partial charge is 0.378 e. The molecule has 7 nitrogen and oxygen atoms in total. The molecule has 0 radical (unpaired) electrons. The number of nitrogens with zero attached hydrogens (tertiary/aromatic N) is 2. The molecule has 26 heavy (non-hydrogen) atoms. The fraction of sp³-hybridized carbons (Fsp3) is 0.278. The van der Waals surface area contributed by atoms with Crippen molar-refractivity contribution in [2.75, 3.05) is 31.2 Å². The summed E-state index contributed by atoms with van der Waals surface area (Å²) in [6, 6.07) is 10.1. The average Bonchev–Trinajstić information content (AvgIpc) is 2.66. The SMILES string of the molecule is O=C(NCc1cccc(F)c1)c1cc([N+](=O)[O-])ccc1N1CCOCC1. The fourth-order valence-electron chi connectivity index (χ4n) is 2.82. The van der Waals surface area contributed by atoms with Gasteiger partial charge in [0.15, 0.2) is 0 Å². The lowest BCUT2D eigenvalue weighted by Gasteiger charge is -2.30. The van der Waals surface area contributed by atoms with Crippen LogP contribution in [0.25, 0.3) is 0 Å². The lowest BCUT2D eigenvalue weighted by Crippen LogP contribution is -2.38. The van der Waals surface area contributed by atoms with Crippen molar-refractivity contribution in [1.82, 2.24) is 5.32 Å². The van der Waals surface area contributed by atoms with Crippen LogP contribution in [0.4, 0.5) is 15.8 Å². The number of nitro groups is 1. The third kappa shape index (κ3) is 4.15. The zero-order valence-corrected chi connectivity index (χ0v) is 14.0. The number of rotatable bonds is 5. The number of hydrogen-bond donors (Lipinski definition) is 1. The van der Waals surface area contributed by atoms with Gasteiger partial charge < -0.3 is 15.0 Å². The van der Waals surface area contributed by atoms with E-state index in [1.165, 1.54) is 24.3 Å². The van der Waals surface area contributed by atoms with Crippen LogP contribution in [0.1, 0.15) is 15.9 Å². The molecule has 0 atom stereocenters.